The summed E-state index contributed by atoms with van der Waals surface area (Å²) < 4.78 is 34.4. The maximum atomic E-state index is 12.9. The fraction of sp³-hybridized carbons (Fsp3) is 0.321. The van der Waals surface area contributed by atoms with E-state index in [0.717, 1.165) is 48.7 Å². The normalized spacial score (nSPS) is 17.5. The number of aliphatic imine (C=N–C) groups is 1. The van der Waals surface area contributed by atoms with Gasteiger partial charge in [-0.1, -0.05) is 30.3 Å². The van der Waals surface area contributed by atoms with Crippen molar-refractivity contribution < 1.29 is 13.2 Å². The summed E-state index contributed by atoms with van der Waals surface area (Å²) in [5.74, 6) is 0.633. The second kappa shape index (κ2) is 11.9. The summed E-state index contributed by atoms with van der Waals surface area (Å²) in [6, 6.07) is 15.8. The van der Waals surface area contributed by atoms with Gasteiger partial charge in [0.2, 0.25) is 11.8 Å². The molecule has 1 unspecified atom stereocenters. The molecule has 1 aliphatic rings. The predicted molar refractivity (Wildman–Crippen MR) is 156 cm³/mol. The summed E-state index contributed by atoms with van der Waals surface area (Å²) >= 11 is 0. The molecule has 1 saturated heterocycles. The third-order valence-electron chi connectivity index (χ3n) is 6.73. The number of benzene rings is 2. The number of allylic oxidation sites excluding steroid dienone is 1. The van der Waals surface area contributed by atoms with Crippen molar-refractivity contribution in [3.05, 3.63) is 76.3 Å². The molecule has 1 atom stereocenters. The lowest BCUT2D eigenvalue weighted by Gasteiger charge is -2.38. The zero-order valence-corrected chi connectivity index (χ0v) is 23.7. The van der Waals surface area contributed by atoms with Crippen LogP contribution in [0.4, 0.5) is 5.95 Å². The first kappa shape index (κ1) is 28.2. The number of aryl methyl sites for hydroxylation is 2. The number of anilines is 1. The van der Waals surface area contributed by atoms with Crippen LogP contribution < -0.4 is 15.2 Å². The molecular weight excluding hydrogens is 514 g/mol. The Morgan fingerprint density at radius 3 is 2.44 bits per heavy atom. The van der Waals surface area contributed by atoms with Crippen LogP contribution in [0.2, 0.25) is 0 Å². The standard InChI is InChI=1S/C28H35N7O3S/c1-19-7-6-8-20(2)27(19)24-15-26(32-28(31-24)33-39(36,37)23(16-29)17-30-3)38-22-11-9-21(10-12-22)25-18-34(4)13-14-35(25)5/h6-12,15-17,25H,13-14,18,29H2,1-5H3,(H,31,32,33). The van der Waals surface area contributed by atoms with Crippen LogP contribution in [0.15, 0.2) is 64.6 Å². The summed E-state index contributed by atoms with van der Waals surface area (Å²) in [7, 11) is 1.65. The molecule has 0 aliphatic carbocycles. The molecular formula is C28H35N7O3S. The Morgan fingerprint density at radius 2 is 1.79 bits per heavy atom. The van der Waals surface area contributed by atoms with Gasteiger partial charge in [0.15, 0.2) is 0 Å². The number of aromatic nitrogens is 2. The van der Waals surface area contributed by atoms with E-state index in [0.29, 0.717) is 17.5 Å². The highest BCUT2D eigenvalue weighted by atomic mass is 32.2. The van der Waals surface area contributed by atoms with Gasteiger partial charge in [-0.05, 0) is 56.8 Å². The number of nitrogens with one attached hydrogen (secondary N) is 1. The van der Waals surface area contributed by atoms with Gasteiger partial charge in [-0.3, -0.25) is 9.89 Å². The van der Waals surface area contributed by atoms with Gasteiger partial charge in [-0.2, -0.15) is 4.98 Å². The zero-order valence-electron chi connectivity index (χ0n) is 22.9. The van der Waals surface area contributed by atoms with E-state index in [1.807, 2.05) is 44.2 Å². The number of piperazine rings is 1. The highest BCUT2D eigenvalue weighted by Gasteiger charge is 2.24. The molecule has 0 amide bonds. The second-order valence-electron chi connectivity index (χ2n) is 9.67. The average molecular weight is 550 g/mol. The number of hydrogen-bond donors (Lipinski definition) is 2. The monoisotopic (exact) mass is 549 g/mol. The van der Waals surface area contributed by atoms with Crippen LogP contribution in [-0.2, 0) is 10.0 Å². The van der Waals surface area contributed by atoms with Crippen molar-refractivity contribution in [1.82, 2.24) is 19.8 Å². The van der Waals surface area contributed by atoms with E-state index in [1.165, 1.54) is 12.6 Å². The SMILES string of the molecule is CN=CC(=CN)S(=O)(=O)Nc1nc(Oc2ccc(C3CN(C)CCN3C)cc2)cc(-c2c(C)cccc2C)n1. The maximum Gasteiger partial charge on any atom is 0.267 e. The third kappa shape index (κ3) is 6.62. The Hall–Kier alpha value is -3.80. The van der Waals surface area contributed by atoms with Crippen LogP contribution in [0.3, 0.4) is 0 Å². The Balaban J connectivity index is 1.69. The van der Waals surface area contributed by atoms with Crippen molar-refractivity contribution in [2.24, 2.45) is 10.7 Å². The van der Waals surface area contributed by atoms with Gasteiger partial charge in [0.1, 0.15) is 10.7 Å². The van der Waals surface area contributed by atoms with Crippen molar-refractivity contribution >= 4 is 22.2 Å². The molecule has 1 fully saturated rings. The summed E-state index contributed by atoms with van der Waals surface area (Å²) in [6.45, 7) is 6.95. The minimum Gasteiger partial charge on any atom is -0.439 e. The quantitative estimate of drug-likeness (QED) is 0.407. The predicted octanol–water partition coefficient (Wildman–Crippen LogP) is 3.71. The van der Waals surface area contributed by atoms with Crippen molar-refractivity contribution in [1.29, 1.82) is 0 Å². The molecule has 0 saturated carbocycles. The van der Waals surface area contributed by atoms with E-state index in [9.17, 15) is 8.42 Å². The molecule has 206 valence electrons. The van der Waals surface area contributed by atoms with E-state index in [-0.39, 0.29) is 16.7 Å². The molecule has 10 nitrogen and oxygen atoms in total. The van der Waals surface area contributed by atoms with Gasteiger partial charge in [-0.15, -0.1) is 0 Å². The molecule has 3 aromatic rings. The minimum absolute atomic E-state index is 0.141. The molecule has 0 bridgehead atoms. The summed E-state index contributed by atoms with van der Waals surface area (Å²) in [4.78, 5) is 17.1. The zero-order chi connectivity index (χ0) is 28.2. The molecule has 4 rings (SSSR count). The largest absolute Gasteiger partial charge is 0.439 e. The van der Waals surface area contributed by atoms with Crippen molar-refractivity contribution in [3.8, 4) is 22.9 Å². The molecule has 2 aromatic carbocycles. The van der Waals surface area contributed by atoms with Crippen LogP contribution >= 0.6 is 0 Å². The lowest BCUT2D eigenvalue weighted by atomic mass is 10.00. The Morgan fingerprint density at radius 1 is 1.10 bits per heavy atom. The molecule has 11 heteroatoms. The summed E-state index contributed by atoms with van der Waals surface area (Å²) in [5.41, 5.74) is 10.1. The van der Waals surface area contributed by atoms with Gasteiger partial charge >= 0.3 is 0 Å². The smallest absolute Gasteiger partial charge is 0.267 e. The number of nitrogens with two attached hydrogens (primary N) is 1. The average Bonchev–Trinajstić information content (AvgIpc) is 2.88. The first-order valence-corrected chi connectivity index (χ1v) is 14.1. The Bertz CT molecular complexity index is 1470. The molecule has 3 N–H and O–H groups in total. The number of nitrogens with zero attached hydrogens (tertiary/aromatic N) is 5. The van der Waals surface area contributed by atoms with Crippen LogP contribution in [0.1, 0.15) is 22.7 Å². The van der Waals surface area contributed by atoms with Crippen molar-refractivity contribution in [2.75, 3.05) is 45.5 Å². The summed E-state index contributed by atoms with van der Waals surface area (Å²) in [6.07, 6.45) is 2.11. The van der Waals surface area contributed by atoms with Gasteiger partial charge in [-0.25, -0.2) is 18.1 Å². The molecule has 0 radical (unpaired) electrons. The van der Waals surface area contributed by atoms with E-state index in [1.54, 1.807) is 6.07 Å². The van der Waals surface area contributed by atoms with Crippen LogP contribution in [0.25, 0.3) is 11.3 Å². The third-order valence-corrected chi connectivity index (χ3v) is 8.05. The molecule has 0 spiro atoms. The van der Waals surface area contributed by atoms with Gasteiger partial charge in [0.05, 0.1) is 5.69 Å². The molecule has 1 aromatic heterocycles. The molecule has 2 heterocycles. The number of ether oxygens (including phenoxy) is 1. The Labute approximate surface area is 230 Å². The highest BCUT2D eigenvalue weighted by molar-refractivity contribution is 7.97. The van der Waals surface area contributed by atoms with Gasteiger partial charge in [0, 0.05) is 56.8 Å². The van der Waals surface area contributed by atoms with E-state index in [4.69, 9.17) is 10.5 Å². The lowest BCUT2D eigenvalue weighted by molar-refractivity contribution is 0.115. The van der Waals surface area contributed by atoms with Gasteiger partial charge < -0.3 is 15.4 Å². The first-order chi connectivity index (χ1) is 18.6. The van der Waals surface area contributed by atoms with Gasteiger partial charge in [0.25, 0.3) is 10.0 Å². The van der Waals surface area contributed by atoms with Crippen LogP contribution in [-0.4, -0.2) is 75.2 Å². The van der Waals surface area contributed by atoms with Crippen LogP contribution in [0.5, 0.6) is 11.6 Å². The highest BCUT2D eigenvalue weighted by Crippen LogP contribution is 2.32. The fourth-order valence-corrected chi connectivity index (χ4v) is 5.50. The first-order valence-electron chi connectivity index (χ1n) is 12.6. The Kier molecular flexibility index (Phi) is 8.63. The van der Waals surface area contributed by atoms with Crippen molar-refractivity contribution in [3.63, 3.8) is 0 Å². The molecule has 1 aliphatic heterocycles. The number of likely N-dealkylation sites (N-methyl/N-ethyl adjacent to an activating group) is 2. The molecule has 39 heavy (non-hydrogen) atoms. The number of rotatable bonds is 8. The van der Waals surface area contributed by atoms with Crippen molar-refractivity contribution in [2.45, 2.75) is 19.9 Å². The second-order valence-corrected chi connectivity index (χ2v) is 11.4. The topological polar surface area (TPSA) is 126 Å². The summed E-state index contributed by atoms with van der Waals surface area (Å²) in [5, 5.41) is 0. The minimum atomic E-state index is -4.08. The maximum absolute atomic E-state index is 12.9. The van der Waals surface area contributed by atoms with E-state index < -0.39 is 10.0 Å². The number of hydrogen-bond acceptors (Lipinski definition) is 9. The van der Waals surface area contributed by atoms with E-state index in [2.05, 4.69) is 55.7 Å². The lowest BCUT2D eigenvalue weighted by Crippen LogP contribution is -2.44. The fourth-order valence-electron chi connectivity index (χ4n) is 4.63. The van der Waals surface area contributed by atoms with E-state index >= 15 is 0 Å². The number of sulfonamides is 1. The van der Waals surface area contributed by atoms with Crippen LogP contribution in [0, 0.1) is 13.8 Å².